The van der Waals surface area contributed by atoms with E-state index in [0.29, 0.717) is 24.3 Å². The van der Waals surface area contributed by atoms with E-state index in [1.807, 2.05) is 0 Å². The highest BCUT2D eigenvalue weighted by Gasteiger charge is 2.26. The predicted octanol–water partition coefficient (Wildman–Crippen LogP) is 3.63. The number of nitrogens with zero attached hydrogens (tertiary/aromatic N) is 6. The van der Waals surface area contributed by atoms with Crippen LogP contribution < -0.4 is 10.1 Å². The van der Waals surface area contributed by atoms with Crippen LogP contribution in [-0.4, -0.2) is 74.3 Å². The summed E-state index contributed by atoms with van der Waals surface area (Å²) in [6, 6.07) is 0.00649. The molecule has 194 valence electrons. The minimum atomic E-state index is -2.47. The lowest BCUT2D eigenvalue weighted by Crippen LogP contribution is -2.46. The largest absolute Gasteiger partial charge is 0.472 e. The molecule has 1 aliphatic rings. The van der Waals surface area contributed by atoms with Crippen molar-refractivity contribution in [1.29, 1.82) is 0 Å². The second-order valence-corrected chi connectivity index (χ2v) is 8.35. The Balaban J connectivity index is 1.71. The van der Waals surface area contributed by atoms with E-state index in [-0.39, 0.29) is 49.9 Å². The van der Waals surface area contributed by atoms with Gasteiger partial charge in [0.05, 0.1) is 30.1 Å². The van der Waals surface area contributed by atoms with Crippen LogP contribution in [0.15, 0.2) is 24.7 Å². The first-order chi connectivity index (χ1) is 17.4. The van der Waals surface area contributed by atoms with E-state index in [4.69, 9.17) is 9.47 Å². The molecule has 1 aliphatic heterocycles. The van der Waals surface area contributed by atoms with E-state index in [9.17, 15) is 18.0 Å². The lowest BCUT2D eigenvalue weighted by atomic mass is 10.1. The zero-order valence-electron chi connectivity index (χ0n) is 20.0. The van der Waals surface area contributed by atoms with Gasteiger partial charge in [-0.2, -0.15) is 4.98 Å². The fraction of sp³-hybridized carbons (Fsp3) is 0.522. The Hall–Kier alpha value is -3.48. The van der Waals surface area contributed by atoms with Crippen LogP contribution >= 0.6 is 0 Å². The number of urea groups is 1. The number of fused-ring (bicyclic) bond motifs is 7. The van der Waals surface area contributed by atoms with E-state index in [1.165, 1.54) is 21.7 Å². The molecule has 13 heteroatoms. The lowest BCUT2D eigenvalue weighted by Gasteiger charge is -2.30. The molecule has 3 aromatic heterocycles. The van der Waals surface area contributed by atoms with Crippen LogP contribution in [0.4, 0.5) is 18.0 Å². The fourth-order valence-corrected chi connectivity index (χ4v) is 4.02. The second-order valence-electron chi connectivity index (χ2n) is 8.35. The Morgan fingerprint density at radius 2 is 2.08 bits per heavy atom. The smallest absolute Gasteiger partial charge is 0.318 e. The number of rotatable bonds is 4. The van der Waals surface area contributed by atoms with Crippen molar-refractivity contribution in [3.05, 3.63) is 36.2 Å². The van der Waals surface area contributed by atoms with E-state index < -0.39 is 30.4 Å². The number of aromatic nitrogens is 5. The number of hydrogen-bond acceptors (Lipinski definition) is 7. The normalized spacial score (nSPS) is 19.7. The van der Waals surface area contributed by atoms with Crippen molar-refractivity contribution in [2.24, 2.45) is 0 Å². The highest BCUT2D eigenvalue weighted by molar-refractivity contribution is 5.75. The highest BCUT2D eigenvalue weighted by Crippen LogP contribution is 2.27. The number of nitrogens with one attached hydrogen (secondary N) is 1. The van der Waals surface area contributed by atoms with Gasteiger partial charge in [-0.1, -0.05) is 0 Å². The minimum Gasteiger partial charge on any atom is -0.472 e. The molecule has 4 heterocycles. The number of carbonyl (C=O) groups is 1. The maximum Gasteiger partial charge on any atom is 0.318 e. The van der Waals surface area contributed by atoms with Crippen molar-refractivity contribution in [2.75, 3.05) is 26.4 Å². The van der Waals surface area contributed by atoms with Crippen molar-refractivity contribution in [2.45, 2.75) is 51.6 Å². The molecule has 2 amide bonds. The summed E-state index contributed by atoms with van der Waals surface area (Å²) in [7, 11) is 0. The van der Waals surface area contributed by atoms with Gasteiger partial charge < -0.3 is 19.7 Å². The molecule has 1 N–H and O–H groups in total. The molecule has 0 radical (unpaired) electrons. The monoisotopic (exact) mass is 507 g/mol. The van der Waals surface area contributed by atoms with Crippen LogP contribution in [0.25, 0.3) is 17.0 Å². The first kappa shape index (κ1) is 25.6. The van der Waals surface area contributed by atoms with Crippen LogP contribution in [0.5, 0.6) is 5.88 Å². The average Bonchev–Trinajstić information content (AvgIpc) is 3.33. The molecule has 2 atom stereocenters. The van der Waals surface area contributed by atoms with Gasteiger partial charge in [0.1, 0.15) is 6.61 Å². The van der Waals surface area contributed by atoms with Crippen molar-refractivity contribution >= 4 is 11.7 Å². The minimum absolute atomic E-state index is 0.0636. The third-order valence-electron chi connectivity index (χ3n) is 5.98. The summed E-state index contributed by atoms with van der Waals surface area (Å²) in [6.07, 6.45) is 1.82. The molecule has 3 aromatic rings. The van der Waals surface area contributed by atoms with Crippen LogP contribution in [0.2, 0.25) is 0 Å². The van der Waals surface area contributed by atoms with Crippen molar-refractivity contribution in [3.8, 4) is 17.3 Å². The Kier molecular flexibility index (Phi) is 8.18. The van der Waals surface area contributed by atoms with E-state index >= 15 is 0 Å². The standard InChI is InChI=1S/C23H28F3N7O3/c1-3-32-14(2)18-12-16(17(24)13-28-18)20-30-22(21-27-7-8-33(21)31-20)36-11-10-35-9-6-15(29-23(32)34)4-5-19(25)26/h7-8,12-15,19H,3-6,9-11H2,1-2H3,(H,29,34)/t14-,15+/m1/s1. The SMILES string of the molecule is CCN1C(=O)N[C@@H](CCC(F)F)CCOCCOc2nc(nn3ccnc23)-c2cc(ncc2F)[C@H]1C. The topological polar surface area (TPSA) is 107 Å². The number of alkyl halides is 2. The van der Waals surface area contributed by atoms with Gasteiger partial charge in [-0.15, -0.1) is 5.10 Å². The number of halogens is 3. The number of pyridine rings is 1. The lowest BCUT2D eigenvalue weighted by molar-refractivity contribution is 0.0865. The maximum absolute atomic E-state index is 14.9. The molecule has 0 unspecified atom stereocenters. The molecule has 0 aromatic carbocycles. The van der Waals surface area contributed by atoms with Gasteiger partial charge in [0.15, 0.2) is 11.6 Å². The van der Waals surface area contributed by atoms with E-state index in [1.54, 1.807) is 20.0 Å². The number of ether oxygens (including phenoxy) is 2. The van der Waals surface area contributed by atoms with E-state index in [2.05, 4.69) is 25.4 Å². The highest BCUT2D eigenvalue weighted by atomic mass is 19.3. The maximum atomic E-state index is 14.9. The summed E-state index contributed by atoms with van der Waals surface area (Å²) >= 11 is 0. The van der Waals surface area contributed by atoms with Gasteiger partial charge in [-0.25, -0.2) is 27.5 Å². The Bertz CT molecular complexity index is 1190. The molecular formula is C23H28F3N7O3. The van der Waals surface area contributed by atoms with Gasteiger partial charge in [0, 0.05) is 38.0 Å². The molecule has 4 bridgehead atoms. The fourth-order valence-electron chi connectivity index (χ4n) is 4.02. The summed E-state index contributed by atoms with van der Waals surface area (Å²) in [5.41, 5.74) is 0.856. The summed E-state index contributed by atoms with van der Waals surface area (Å²) in [4.78, 5) is 27.4. The van der Waals surface area contributed by atoms with Gasteiger partial charge in [0.2, 0.25) is 12.1 Å². The molecule has 0 aliphatic carbocycles. The molecular weight excluding hydrogens is 479 g/mol. The predicted molar refractivity (Wildman–Crippen MR) is 123 cm³/mol. The van der Waals surface area contributed by atoms with Crippen LogP contribution in [0.3, 0.4) is 0 Å². The molecule has 10 nitrogen and oxygen atoms in total. The first-order valence-corrected chi connectivity index (χ1v) is 11.8. The van der Waals surface area contributed by atoms with Gasteiger partial charge in [-0.3, -0.25) is 4.98 Å². The van der Waals surface area contributed by atoms with Gasteiger partial charge in [0.25, 0.3) is 5.88 Å². The summed E-state index contributed by atoms with van der Waals surface area (Å²) in [5.74, 6) is -0.420. The third kappa shape index (κ3) is 5.83. The molecule has 0 fully saturated rings. The van der Waals surface area contributed by atoms with Crippen molar-refractivity contribution in [1.82, 2.24) is 34.8 Å². The zero-order chi connectivity index (χ0) is 25.7. The Morgan fingerprint density at radius 1 is 1.25 bits per heavy atom. The number of amides is 2. The molecule has 4 rings (SSSR count). The van der Waals surface area contributed by atoms with Crippen LogP contribution in [0, 0.1) is 5.82 Å². The number of hydrogen-bond donors (Lipinski definition) is 1. The zero-order valence-corrected chi connectivity index (χ0v) is 20.0. The summed E-state index contributed by atoms with van der Waals surface area (Å²) in [5, 5.41) is 7.20. The van der Waals surface area contributed by atoms with E-state index in [0.717, 1.165) is 6.20 Å². The summed E-state index contributed by atoms with van der Waals surface area (Å²) in [6.45, 7) is 4.41. The Morgan fingerprint density at radius 3 is 2.86 bits per heavy atom. The van der Waals surface area contributed by atoms with Gasteiger partial charge >= 0.3 is 6.03 Å². The molecule has 0 saturated heterocycles. The number of carbonyl (C=O) groups excluding carboxylic acids is 1. The summed E-state index contributed by atoms with van der Waals surface area (Å²) < 4.78 is 53.4. The van der Waals surface area contributed by atoms with Gasteiger partial charge in [-0.05, 0) is 32.8 Å². The molecule has 36 heavy (non-hydrogen) atoms. The average molecular weight is 508 g/mol. The quantitative estimate of drug-likeness (QED) is 0.575. The number of imidazole rings is 1. The van der Waals surface area contributed by atoms with Crippen LogP contribution in [0.1, 0.15) is 44.8 Å². The van der Waals surface area contributed by atoms with Crippen molar-refractivity contribution < 1.29 is 27.4 Å². The second kappa shape index (κ2) is 11.5. The first-order valence-electron chi connectivity index (χ1n) is 11.8. The third-order valence-corrected chi connectivity index (χ3v) is 5.98. The molecule has 0 spiro atoms. The molecule has 0 saturated carbocycles. The Labute approximate surface area is 205 Å². The van der Waals surface area contributed by atoms with Crippen LogP contribution in [-0.2, 0) is 4.74 Å². The van der Waals surface area contributed by atoms with Crippen molar-refractivity contribution in [3.63, 3.8) is 0 Å².